The monoisotopic (exact) mass is 267 g/mol. The zero-order valence-corrected chi connectivity index (χ0v) is 10.8. The molecule has 0 saturated carbocycles. The summed E-state index contributed by atoms with van der Waals surface area (Å²) in [4.78, 5) is 4.06. The van der Waals surface area contributed by atoms with Crippen molar-refractivity contribution in [2.45, 2.75) is 13.3 Å². The number of ether oxygens (including phenoxy) is 1. The molecule has 88 valence electrons. The smallest absolute Gasteiger partial charge is 0.219 e. The van der Waals surface area contributed by atoms with E-state index in [2.05, 4.69) is 4.98 Å². The van der Waals surface area contributed by atoms with Crippen molar-refractivity contribution in [2.75, 3.05) is 0 Å². The lowest BCUT2D eigenvalue weighted by Gasteiger charge is -2.07. The first-order chi connectivity index (χ1) is 8.19. The minimum absolute atomic E-state index is 0.513. The number of rotatable bonds is 3. The van der Waals surface area contributed by atoms with E-state index in [4.69, 9.17) is 27.9 Å². The SMILES string of the molecule is CCc1cc(Oc2ccc(Cl)cn2)ccc1Cl. The van der Waals surface area contributed by atoms with Gasteiger partial charge in [0.1, 0.15) is 5.75 Å². The molecule has 0 fully saturated rings. The van der Waals surface area contributed by atoms with Crippen LogP contribution in [0.25, 0.3) is 0 Å². The summed E-state index contributed by atoms with van der Waals surface area (Å²) in [6.07, 6.45) is 2.41. The van der Waals surface area contributed by atoms with Crippen LogP contribution in [-0.4, -0.2) is 4.98 Å². The minimum Gasteiger partial charge on any atom is -0.439 e. The largest absolute Gasteiger partial charge is 0.439 e. The maximum Gasteiger partial charge on any atom is 0.219 e. The average molecular weight is 268 g/mol. The molecule has 0 N–H and O–H groups in total. The third kappa shape index (κ3) is 3.11. The predicted octanol–water partition coefficient (Wildman–Crippen LogP) is 4.74. The van der Waals surface area contributed by atoms with E-state index in [0.29, 0.717) is 10.9 Å². The van der Waals surface area contributed by atoms with E-state index in [-0.39, 0.29) is 0 Å². The molecule has 0 amide bonds. The van der Waals surface area contributed by atoms with E-state index >= 15 is 0 Å². The Labute approximate surface area is 110 Å². The Bertz CT molecular complexity index is 511. The lowest BCUT2D eigenvalue weighted by atomic mass is 10.1. The molecule has 0 spiro atoms. The van der Waals surface area contributed by atoms with Crippen LogP contribution in [0, 0.1) is 0 Å². The Morgan fingerprint density at radius 1 is 1.18 bits per heavy atom. The number of nitrogens with zero attached hydrogens (tertiary/aromatic N) is 1. The summed E-state index contributed by atoms with van der Waals surface area (Å²) >= 11 is 11.8. The van der Waals surface area contributed by atoms with E-state index in [1.165, 1.54) is 0 Å². The van der Waals surface area contributed by atoms with Gasteiger partial charge in [-0.15, -0.1) is 0 Å². The van der Waals surface area contributed by atoms with Crippen molar-refractivity contribution < 1.29 is 4.74 Å². The summed E-state index contributed by atoms with van der Waals surface area (Å²) in [6.45, 7) is 2.05. The molecule has 1 aromatic carbocycles. The molecule has 0 unspecified atom stereocenters. The first-order valence-corrected chi connectivity index (χ1v) is 6.02. The Morgan fingerprint density at radius 3 is 2.65 bits per heavy atom. The molecule has 1 aromatic heterocycles. The minimum atomic E-state index is 0.513. The van der Waals surface area contributed by atoms with Crippen LogP contribution in [-0.2, 0) is 6.42 Å². The van der Waals surface area contributed by atoms with E-state index in [0.717, 1.165) is 22.8 Å². The standard InChI is InChI=1S/C13H11Cl2NO/c1-2-9-7-11(4-5-12(9)15)17-13-6-3-10(14)8-16-13/h3-8H,2H2,1H3. The van der Waals surface area contributed by atoms with Crippen LogP contribution in [0.4, 0.5) is 0 Å². The van der Waals surface area contributed by atoms with E-state index in [1.54, 1.807) is 18.3 Å². The van der Waals surface area contributed by atoms with Gasteiger partial charge in [0.15, 0.2) is 0 Å². The van der Waals surface area contributed by atoms with Gasteiger partial charge in [-0.2, -0.15) is 0 Å². The Kier molecular flexibility index (Phi) is 3.87. The fraction of sp³-hybridized carbons (Fsp3) is 0.154. The number of aromatic nitrogens is 1. The quantitative estimate of drug-likeness (QED) is 0.801. The molecule has 4 heteroatoms. The molecule has 0 atom stereocenters. The number of hydrogen-bond donors (Lipinski definition) is 0. The number of benzene rings is 1. The van der Waals surface area contributed by atoms with Gasteiger partial charge in [0.25, 0.3) is 0 Å². The molecule has 0 bridgehead atoms. The second-order valence-corrected chi connectivity index (χ2v) is 4.37. The lowest BCUT2D eigenvalue weighted by Crippen LogP contribution is -1.89. The molecule has 0 saturated heterocycles. The summed E-state index contributed by atoms with van der Waals surface area (Å²) in [5.74, 6) is 1.24. The van der Waals surface area contributed by atoms with Gasteiger partial charge >= 0.3 is 0 Å². The molecule has 2 aromatic rings. The van der Waals surface area contributed by atoms with Crippen LogP contribution in [0.5, 0.6) is 11.6 Å². The Hall–Kier alpha value is -1.25. The van der Waals surface area contributed by atoms with Crippen molar-refractivity contribution >= 4 is 23.2 Å². The number of pyridine rings is 1. The van der Waals surface area contributed by atoms with Gasteiger partial charge in [0.2, 0.25) is 5.88 Å². The molecule has 0 aliphatic heterocycles. The number of halogens is 2. The summed E-state index contributed by atoms with van der Waals surface area (Å²) in [6, 6.07) is 9.02. The fourth-order valence-electron chi connectivity index (χ4n) is 1.43. The van der Waals surface area contributed by atoms with Crippen molar-refractivity contribution in [3.05, 3.63) is 52.1 Å². The molecule has 17 heavy (non-hydrogen) atoms. The highest BCUT2D eigenvalue weighted by molar-refractivity contribution is 6.31. The van der Waals surface area contributed by atoms with E-state index < -0.39 is 0 Å². The van der Waals surface area contributed by atoms with E-state index in [1.807, 2.05) is 25.1 Å². The van der Waals surface area contributed by atoms with Crippen molar-refractivity contribution in [2.24, 2.45) is 0 Å². The highest BCUT2D eigenvalue weighted by atomic mass is 35.5. The number of hydrogen-bond acceptors (Lipinski definition) is 2. The van der Waals surface area contributed by atoms with Crippen molar-refractivity contribution in [3.8, 4) is 11.6 Å². The van der Waals surface area contributed by atoms with Crippen LogP contribution in [0.1, 0.15) is 12.5 Å². The third-order valence-corrected chi connectivity index (χ3v) is 2.91. The van der Waals surface area contributed by atoms with Crippen LogP contribution >= 0.6 is 23.2 Å². The van der Waals surface area contributed by atoms with Gasteiger partial charge in [0.05, 0.1) is 5.02 Å². The molecule has 0 radical (unpaired) electrons. The first kappa shape index (κ1) is 12.2. The second kappa shape index (κ2) is 5.39. The summed E-state index contributed by atoms with van der Waals surface area (Å²) in [7, 11) is 0. The zero-order chi connectivity index (χ0) is 12.3. The second-order valence-electron chi connectivity index (χ2n) is 3.52. The van der Waals surface area contributed by atoms with Gasteiger partial charge in [0, 0.05) is 17.3 Å². The normalized spacial score (nSPS) is 10.3. The molecule has 2 nitrogen and oxygen atoms in total. The van der Waals surface area contributed by atoms with Gasteiger partial charge in [-0.05, 0) is 36.2 Å². The topological polar surface area (TPSA) is 22.1 Å². The van der Waals surface area contributed by atoms with Crippen molar-refractivity contribution in [1.82, 2.24) is 4.98 Å². The molecular weight excluding hydrogens is 257 g/mol. The van der Waals surface area contributed by atoms with Crippen molar-refractivity contribution in [3.63, 3.8) is 0 Å². The maximum atomic E-state index is 6.03. The first-order valence-electron chi connectivity index (χ1n) is 5.27. The summed E-state index contributed by atoms with van der Waals surface area (Å²) in [5, 5.41) is 1.34. The van der Waals surface area contributed by atoms with Crippen LogP contribution < -0.4 is 4.74 Å². The zero-order valence-electron chi connectivity index (χ0n) is 9.28. The Morgan fingerprint density at radius 2 is 2.00 bits per heavy atom. The molecule has 1 heterocycles. The van der Waals surface area contributed by atoms with Gasteiger partial charge in [-0.3, -0.25) is 0 Å². The third-order valence-electron chi connectivity index (χ3n) is 2.32. The van der Waals surface area contributed by atoms with Crippen LogP contribution in [0.3, 0.4) is 0 Å². The highest BCUT2D eigenvalue weighted by Crippen LogP contribution is 2.26. The Balaban J connectivity index is 2.21. The molecule has 2 rings (SSSR count). The lowest BCUT2D eigenvalue weighted by molar-refractivity contribution is 0.462. The van der Waals surface area contributed by atoms with Crippen LogP contribution in [0.2, 0.25) is 10.0 Å². The summed E-state index contributed by atoms with van der Waals surface area (Å²) in [5.41, 5.74) is 1.05. The van der Waals surface area contributed by atoms with Gasteiger partial charge in [-0.1, -0.05) is 30.1 Å². The predicted molar refractivity (Wildman–Crippen MR) is 70.2 cm³/mol. The maximum absolute atomic E-state index is 6.03. The van der Waals surface area contributed by atoms with Gasteiger partial charge < -0.3 is 4.74 Å². The van der Waals surface area contributed by atoms with Crippen LogP contribution in [0.15, 0.2) is 36.5 Å². The van der Waals surface area contributed by atoms with Gasteiger partial charge in [-0.25, -0.2) is 4.98 Å². The highest BCUT2D eigenvalue weighted by Gasteiger charge is 2.03. The molecular formula is C13H11Cl2NO. The van der Waals surface area contributed by atoms with E-state index in [9.17, 15) is 0 Å². The van der Waals surface area contributed by atoms with Crippen molar-refractivity contribution in [1.29, 1.82) is 0 Å². The summed E-state index contributed by atoms with van der Waals surface area (Å²) < 4.78 is 5.60. The molecule has 0 aliphatic carbocycles. The fourth-order valence-corrected chi connectivity index (χ4v) is 1.79. The number of aryl methyl sites for hydroxylation is 1. The average Bonchev–Trinajstić information content (AvgIpc) is 2.34. The molecule has 0 aliphatic rings.